The summed E-state index contributed by atoms with van der Waals surface area (Å²) in [5, 5.41) is 0. The van der Waals surface area contributed by atoms with E-state index < -0.39 is 0 Å². The molecule has 0 aromatic carbocycles. The maximum Gasteiger partial charge on any atom is 0.263 e. The number of hydrogen-bond donors (Lipinski definition) is 0. The third-order valence-electron chi connectivity index (χ3n) is 4.40. The Balaban J connectivity index is 1.96. The van der Waals surface area contributed by atoms with Crippen LogP contribution in [0.5, 0.6) is 0 Å². The Morgan fingerprint density at radius 2 is 2.00 bits per heavy atom. The highest BCUT2D eigenvalue weighted by Gasteiger charge is 2.14. The average Bonchev–Trinajstić information content (AvgIpc) is 2.62. The first-order valence-electron chi connectivity index (χ1n) is 8.55. The van der Waals surface area contributed by atoms with E-state index in [0.29, 0.717) is 11.6 Å². The van der Waals surface area contributed by atoms with Crippen LogP contribution in [0.2, 0.25) is 0 Å². The average molecular weight is 324 g/mol. The summed E-state index contributed by atoms with van der Waals surface area (Å²) in [4.78, 5) is 23.9. The number of aromatic nitrogens is 2. The quantitative estimate of drug-likeness (QED) is 0.872. The van der Waals surface area contributed by atoms with Crippen molar-refractivity contribution in [1.29, 1.82) is 0 Å². The van der Waals surface area contributed by atoms with Crippen LogP contribution in [0.15, 0.2) is 47.7 Å². The predicted molar refractivity (Wildman–Crippen MR) is 95.2 cm³/mol. The highest BCUT2D eigenvalue weighted by Crippen LogP contribution is 2.19. The molecule has 1 aliphatic carbocycles. The lowest BCUT2D eigenvalue weighted by molar-refractivity contribution is 0.0954. The maximum absolute atomic E-state index is 12.9. The molecule has 1 aliphatic rings. The van der Waals surface area contributed by atoms with Crippen molar-refractivity contribution in [2.45, 2.75) is 38.1 Å². The van der Waals surface area contributed by atoms with Crippen molar-refractivity contribution in [3.63, 3.8) is 0 Å². The molecule has 0 saturated heterocycles. The fourth-order valence-corrected chi connectivity index (χ4v) is 3.04. The smallest absolute Gasteiger partial charge is 0.263 e. The monoisotopic (exact) mass is 324 g/mol. The molecule has 2 aromatic rings. The molecule has 5 nitrogen and oxygen atoms in total. The Labute approximate surface area is 142 Å². The summed E-state index contributed by atoms with van der Waals surface area (Å²) in [6, 6.07) is 9.61. The van der Waals surface area contributed by atoms with Crippen LogP contribution in [0.4, 0.5) is 5.82 Å². The van der Waals surface area contributed by atoms with Crippen molar-refractivity contribution in [2.24, 2.45) is 4.99 Å². The van der Waals surface area contributed by atoms with E-state index >= 15 is 0 Å². The largest absolute Gasteiger partial charge is 0.363 e. The molecular weight excluding hydrogens is 300 g/mol. The van der Waals surface area contributed by atoms with Crippen LogP contribution in [0.25, 0.3) is 0 Å². The maximum atomic E-state index is 12.9. The molecule has 126 valence electrons. The third kappa shape index (κ3) is 3.72. The molecule has 0 radical (unpaired) electrons. The number of rotatable bonds is 3. The first-order chi connectivity index (χ1) is 11.6. The number of pyridine rings is 2. The molecule has 5 heteroatoms. The van der Waals surface area contributed by atoms with Crippen molar-refractivity contribution < 1.29 is 4.79 Å². The van der Waals surface area contributed by atoms with Crippen LogP contribution in [0.1, 0.15) is 42.5 Å². The zero-order chi connectivity index (χ0) is 16.9. The van der Waals surface area contributed by atoms with Gasteiger partial charge in [0.2, 0.25) is 0 Å². The van der Waals surface area contributed by atoms with Gasteiger partial charge in [0.25, 0.3) is 5.91 Å². The Hall–Kier alpha value is -2.43. The van der Waals surface area contributed by atoms with E-state index in [-0.39, 0.29) is 5.91 Å². The second-order valence-electron chi connectivity index (χ2n) is 6.45. The van der Waals surface area contributed by atoms with Crippen molar-refractivity contribution in [1.82, 2.24) is 9.55 Å². The van der Waals surface area contributed by atoms with Gasteiger partial charge in [-0.3, -0.25) is 14.4 Å². The van der Waals surface area contributed by atoms with Crippen LogP contribution >= 0.6 is 0 Å². The zero-order valence-corrected chi connectivity index (χ0v) is 14.4. The van der Waals surface area contributed by atoms with Gasteiger partial charge in [-0.15, -0.1) is 0 Å². The molecule has 2 heterocycles. The predicted octanol–water partition coefficient (Wildman–Crippen LogP) is 2.87. The van der Waals surface area contributed by atoms with E-state index in [9.17, 15) is 4.79 Å². The molecular formula is C19H24N4O. The minimum absolute atomic E-state index is 0.0735. The number of nitrogens with zero attached hydrogens (tertiary/aromatic N) is 4. The molecule has 0 aliphatic heterocycles. The minimum atomic E-state index is -0.0735. The summed E-state index contributed by atoms with van der Waals surface area (Å²) >= 11 is 0. The van der Waals surface area contributed by atoms with Gasteiger partial charge < -0.3 is 4.90 Å². The first kappa shape index (κ1) is 16.4. The Bertz CT molecular complexity index is 773. The van der Waals surface area contributed by atoms with Gasteiger partial charge in [0, 0.05) is 32.1 Å². The molecule has 0 unspecified atom stereocenters. The molecule has 0 atom stereocenters. The van der Waals surface area contributed by atoms with Gasteiger partial charge in [0.1, 0.15) is 11.3 Å². The topological polar surface area (TPSA) is 50.5 Å². The summed E-state index contributed by atoms with van der Waals surface area (Å²) in [6.45, 7) is 0. The molecule has 1 saturated carbocycles. The van der Waals surface area contributed by atoms with E-state index in [4.69, 9.17) is 4.99 Å². The van der Waals surface area contributed by atoms with Crippen LogP contribution in [-0.2, 0) is 0 Å². The summed E-state index contributed by atoms with van der Waals surface area (Å²) in [7, 11) is 3.83. The lowest BCUT2D eigenvalue weighted by atomic mass is 9.96. The molecule has 1 fully saturated rings. The molecule has 2 aromatic heterocycles. The van der Waals surface area contributed by atoms with E-state index in [1.54, 1.807) is 23.0 Å². The van der Waals surface area contributed by atoms with Gasteiger partial charge in [-0.25, -0.2) is 4.98 Å². The highest BCUT2D eigenvalue weighted by molar-refractivity contribution is 5.96. The summed E-state index contributed by atoms with van der Waals surface area (Å²) in [5.74, 6) is 0.693. The Morgan fingerprint density at radius 1 is 1.21 bits per heavy atom. The fourth-order valence-electron chi connectivity index (χ4n) is 3.04. The summed E-state index contributed by atoms with van der Waals surface area (Å²) < 4.78 is 1.64. The third-order valence-corrected chi connectivity index (χ3v) is 4.40. The van der Waals surface area contributed by atoms with E-state index in [0.717, 1.165) is 24.1 Å². The van der Waals surface area contributed by atoms with Gasteiger partial charge in [0.05, 0.1) is 6.04 Å². The second kappa shape index (κ2) is 7.43. The van der Waals surface area contributed by atoms with Crippen LogP contribution in [-0.4, -0.2) is 35.6 Å². The van der Waals surface area contributed by atoms with Crippen molar-refractivity contribution >= 4 is 11.7 Å². The molecule has 0 amide bonds. The highest BCUT2D eigenvalue weighted by atomic mass is 16.2. The normalized spacial score (nSPS) is 16.2. The SMILES string of the molecule is CN(C)c1cc(C(=O)n2ccccc2=NC2CCCCC2)ccn1. The van der Waals surface area contributed by atoms with Gasteiger partial charge in [-0.05, 0) is 37.1 Å². The summed E-state index contributed by atoms with van der Waals surface area (Å²) in [5.41, 5.74) is 1.35. The summed E-state index contributed by atoms with van der Waals surface area (Å²) in [6.07, 6.45) is 9.44. The van der Waals surface area contributed by atoms with Crippen LogP contribution < -0.4 is 10.4 Å². The van der Waals surface area contributed by atoms with Gasteiger partial charge in [0.15, 0.2) is 0 Å². The van der Waals surface area contributed by atoms with E-state index in [1.807, 2.05) is 43.3 Å². The second-order valence-corrected chi connectivity index (χ2v) is 6.45. The van der Waals surface area contributed by atoms with Crippen molar-refractivity contribution in [2.75, 3.05) is 19.0 Å². The molecule has 0 bridgehead atoms. The molecule has 0 N–H and O–H groups in total. The van der Waals surface area contributed by atoms with Crippen LogP contribution in [0.3, 0.4) is 0 Å². The number of anilines is 1. The Kier molecular flexibility index (Phi) is 5.08. The fraction of sp³-hybridized carbons (Fsp3) is 0.421. The van der Waals surface area contributed by atoms with Gasteiger partial charge in [-0.1, -0.05) is 25.3 Å². The lowest BCUT2D eigenvalue weighted by Gasteiger charge is -2.18. The van der Waals surface area contributed by atoms with Crippen molar-refractivity contribution in [3.8, 4) is 0 Å². The number of carbonyl (C=O) groups is 1. The van der Waals surface area contributed by atoms with Gasteiger partial charge >= 0.3 is 0 Å². The zero-order valence-electron chi connectivity index (χ0n) is 14.4. The molecule has 24 heavy (non-hydrogen) atoms. The van der Waals surface area contributed by atoms with Gasteiger partial charge in [-0.2, -0.15) is 0 Å². The standard InChI is InChI=1S/C19H24N4O/c1-22(2)18-14-15(11-12-20-18)19(24)23-13-7-6-10-17(23)21-16-8-4-3-5-9-16/h6-7,10-14,16H,3-5,8-9H2,1-2H3. The minimum Gasteiger partial charge on any atom is -0.363 e. The van der Waals surface area contributed by atoms with Crippen LogP contribution in [0, 0.1) is 0 Å². The van der Waals surface area contributed by atoms with E-state index in [1.165, 1.54) is 19.3 Å². The van der Waals surface area contributed by atoms with E-state index in [2.05, 4.69) is 4.98 Å². The lowest BCUT2D eigenvalue weighted by Crippen LogP contribution is -2.29. The number of carbonyl (C=O) groups excluding carboxylic acids is 1. The first-order valence-corrected chi connectivity index (χ1v) is 8.55. The Morgan fingerprint density at radius 3 is 2.75 bits per heavy atom. The molecule has 3 rings (SSSR count). The number of hydrogen-bond acceptors (Lipinski definition) is 4. The van der Waals surface area contributed by atoms with Crippen molar-refractivity contribution in [3.05, 3.63) is 53.8 Å². The molecule has 0 spiro atoms.